The normalized spacial score (nSPS) is 37.3. The summed E-state index contributed by atoms with van der Waals surface area (Å²) in [5.41, 5.74) is 6.24. The summed E-state index contributed by atoms with van der Waals surface area (Å²) in [4.78, 5) is 2.45. The van der Waals surface area contributed by atoms with E-state index in [0.717, 1.165) is 45.4 Å². The topological polar surface area (TPSA) is 47.7 Å². The molecule has 1 saturated carbocycles. The average Bonchev–Trinajstić information content (AvgIpc) is 2.91. The van der Waals surface area contributed by atoms with Crippen molar-refractivity contribution in [3.05, 3.63) is 0 Å². The molecule has 0 bridgehead atoms. The molecule has 0 aromatic heterocycles. The summed E-state index contributed by atoms with van der Waals surface area (Å²) in [5.74, 6) is 0. The van der Waals surface area contributed by atoms with E-state index in [1.807, 2.05) is 7.11 Å². The Kier molecular flexibility index (Phi) is 5.01. The smallest absolute Gasteiger partial charge is 0.0702 e. The predicted molar refractivity (Wildman–Crippen MR) is 72.7 cm³/mol. The Morgan fingerprint density at radius 1 is 1.33 bits per heavy atom. The quantitative estimate of drug-likeness (QED) is 0.807. The number of nitrogens with two attached hydrogens (primary N) is 1. The molecule has 1 heterocycles. The molecule has 0 aromatic rings. The van der Waals surface area contributed by atoms with Gasteiger partial charge in [0.1, 0.15) is 0 Å². The van der Waals surface area contributed by atoms with Gasteiger partial charge in [-0.2, -0.15) is 0 Å². The van der Waals surface area contributed by atoms with Gasteiger partial charge in [0.25, 0.3) is 0 Å². The van der Waals surface area contributed by atoms with E-state index in [1.165, 1.54) is 12.8 Å². The van der Waals surface area contributed by atoms with E-state index in [1.54, 1.807) is 0 Å². The van der Waals surface area contributed by atoms with Crippen LogP contribution < -0.4 is 5.73 Å². The van der Waals surface area contributed by atoms with Crippen LogP contribution in [0.1, 0.15) is 38.5 Å². The molecule has 0 aromatic carbocycles. The number of hydrogen-bond acceptors (Lipinski definition) is 4. The van der Waals surface area contributed by atoms with Crippen molar-refractivity contribution < 1.29 is 9.47 Å². The van der Waals surface area contributed by atoms with Gasteiger partial charge in [-0.3, -0.25) is 4.90 Å². The van der Waals surface area contributed by atoms with Gasteiger partial charge < -0.3 is 15.2 Å². The van der Waals surface area contributed by atoms with Gasteiger partial charge in [0.15, 0.2) is 0 Å². The number of likely N-dealkylation sites (N-methyl/N-ethyl adjacent to an activating group) is 1. The van der Waals surface area contributed by atoms with E-state index in [9.17, 15) is 0 Å². The number of methoxy groups -OCH3 is 1. The molecule has 4 heteroatoms. The SMILES string of the molecule is COC1CCC(CN)(N(C)CC2CCCO2)CC1. The lowest BCUT2D eigenvalue weighted by Gasteiger charge is -2.46. The van der Waals surface area contributed by atoms with Crippen molar-refractivity contribution in [2.45, 2.75) is 56.3 Å². The summed E-state index contributed by atoms with van der Waals surface area (Å²) in [6, 6.07) is 0. The first-order valence-corrected chi connectivity index (χ1v) is 7.26. The third-order valence-electron chi connectivity index (χ3n) is 4.89. The second-order valence-electron chi connectivity index (χ2n) is 5.88. The molecule has 1 unspecified atom stereocenters. The van der Waals surface area contributed by atoms with E-state index in [4.69, 9.17) is 15.2 Å². The highest BCUT2D eigenvalue weighted by Gasteiger charge is 2.38. The van der Waals surface area contributed by atoms with Crippen molar-refractivity contribution >= 4 is 0 Å². The third-order valence-corrected chi connectivity index (χ3v) is 4.89. The Bertz CT molecular complexity index is 246. The van der Waals surface area contributed by atoms with Gasteiger partial charge in [-0.15, -0.1) is 0 Å². The molecule has 4 nitrogen and oxygen atoms in total. The lowest BCUT2D eigenvalue weighted by molar-refractivity contribution is -0.0165. The van der Waals surface area contributed by atoms with E-state index in [2.05, 4.69) is 11.9 Å². The molecule has 2 rings (SSSR count). The van der Waals surface area contributed by atoms with Gasteiger partial charge in [0, 0.05) is 32.3 Å². The van der Waals surface area contributed by atoms with Gasteiger partial charge in [-0.25, -0.2) is 0 Å². The van der Waals surface area contributed by atoms with Crippen LogP contribution in [-0.2, 0) is 9.47 Å². The minimum absolute atomic E-state index is 0.168. The van der Waals surface area contributed by atoms with Crippen molar-refractivity contribution in [2.75, 3.05) is 33.9 Å². The molecule has 106 valence electrons. The maximum absolute atomic E-state index is 6.08. The van der Waals surface area contributed by atoms with Crippen LogP contribution in [0.2, 0.25) is 0 Å². The third kappa shape index (κ3) is 3.05. The highest BCUT2D eigenvalue weighted by Crippen LogP contribution is 2.34. The maximum atomic E-state index is 6.08. The summed E-state index contributed by atoms with van der Waals surface area (Å²) in [6.07, 6.45) is 7.80. The molecular weight excluding hydrogens is 228 g/mol. The zero-order chi connectivity index (χ0) is 13.0. The lowest BCUT2D eigenvalue weighted by atomic mass is 9.79. The fourth-order valence-corrected chi connectivity index (χ4v) is 3.39. The minimum atomic E-state index is 0.168. The molecule has 0 radical (unpaired) electrons. The second kappa shape index (κ2) is 6.33. The number of hydrogen-bond donors (Lipinski definition) is 1. The van der Waals surface area contributed by atoms with Crippen molar-refractivity contribution in [2.24, 2.45) is 5.73 Å². The largest absolute Gasteiger partial charge is 0.381 e. The Hall–Kier alpha value is -0.160. The van der Waals surface area contributed by atoms with Crippen LogP contribution in [0.25, 0.3) is 0 Å². The van der Waals surface area contributed by atoms with Gasteiger partial charge in [-0.05, 0) is 45.6 Å². The first kappa shape index (κ1) is 14.3. The summed E-state index contributed by atoms with van der Waals surface area (Å²) in [7, 11) is 4.03. The van der Waals surface area contributed by atoms with Crippen molar-refractivity contribution in [1.82, 2.24) is 4.90 Å². The van der Waals surface area contributed by atoms with E-state index < -0.39 is 0 Å². The molecule has 1 atom stereocenters. The molecule has 1 aliphatic carbocycles. The van der Waals surface area contributed by atoms with Crippen molar-refractivity contribution in [1.29, 1.82) is 0 Å². The van der Waals surface area contributed by atoms with E-state index in [-0.39, 0.29) is 5.54 Å². The van der Waals surface area contributed by atoms with E-state index in [0.29, 0.717) is 12.2 Å². The fourth-order valence-electron chi connectivity index (χ4n) is 3.39. The average molecular weight is 256 g/mol. The lowest BCUT2D eigenvalue weighted by Crippen LogP contribution is -2.56. The second-order valence-corrected chi connectivity index (χ2v) is 5.88. The molecule has 2 aliphatic rings. The summed E-state index contributed by atoms with van der Waals surface area (Å²) >= 11 is 0. The van der Waals surface area contributed by atoms with Gasteiger partial charge in [-0.1, -0.05) is 0 Å². The standard InChI is InChI=1S/C14H28N2O2/c1-16(10-13-4-3-9-18-13)14(11-15)7-5-12(17-2)6-8-14/h12-13H,3-11,15H2,1-2H3. The van der Waals surface area contributed by atoms with Crippen LogP contribution in [-0.4, -0.2) is 56.5 Å². The molecule has 2 fully saturated rings. The van der Waals surface area contributed by atoms with Gasteiger partial charge in [0.05, 0.1) is 12.2 Å². The summed E-state index contributed by atoms with van der Waals surface area (Å²) in [6.45, 7) is 2.70. The number of rotatable bonds is 5. The first-order valence-electron chi connectivity index (χ1n) is 7.26. The van der Waals surface area contributed by atoms with Gasteiger partial charge >= 0.3 is 0 Å². The highest BCUT2D eigenvalue weighted by atomic mass is 16.5. The van der Waals surface area contributed by atoms with Crippen LogP contribution >= 0.6 is 0 Å². The van der Waals surface area contributed by atoms with Crippen LogP contribution in [0.15, 0.2) is 0 Å². The van der Waals surface area contributed by atoms with Crippen LogP contribution in [0.3, 0.4) is 0 Å². The van der Waals surface area contributed by atoms with Crippen LogP contribution in [0, 0.1) is 0 Å². The van der Waals surface area contributed by atoms with Crippen LogP contribution in [0.5, 0.6) is 0 Å². The van der Waals surface area contributed by atoms with Crippen molar-refractivity contribution in [3.63, 3.8) is 0 Å². The van der Waals surface area contributed by atoms with Crippen LogP contribution in [0.4, 0.5) is 0 Å². The van der Waals surface area contributed by atoms with E-state index >= 15 is 0 Å². The van der Waals surface area contributed by atoms with Crippen molar-refractivity contribution in [3.8, 4) is 0 Å². The zero-order valence-electron chi connectivity index (χ0n) is 11.9. The number of ether oxygens (including phenoxy) is 2. The Morgan fingerprint density at radius 2 is 2.06 bits per heavy atom. The zero-order valence-corrected chi connectivity index (χ0v) is 11.9. The maximum Gasteiger partial charge on any atom is 0.0702 e. The number of nitrogens with zero attached hydrogens (tertiary/aromatic N) is 1. The molecular formula is C14H28N2O2. The molecule has 2 N–H and O–H groups in total. The molecule has 18 heavy (non-hydrogen) atoms. The van der Waals surface area contributed by atoms with Gasteiger partial charge in [0.2, 0.25) is 0 Å². The Balaban J connectivity index is 1.90. The highest BCUT2D eigenvalue weighted by molar-refractivity contribution is 4.96. The molecule has 1 aliphatic heterocycles. The first-order chi connectivity index (χ1) is 8.70. The molecule has 1 saturated heterocycles. The minimum Gasteiger partial charge on any atom is -0.381 e. The predicted octanol–water partition coefficient (Wildman–Crippen LogP) is 1.38. The summed E-state index contributed by atoms with van der Waals surface area (Å²) < 4.78 is 11.2. The Labute approximate surface area is 111 Å². The molecule has 0 amide bonds. The summed E-state index contributed by atoms with van der Waals surface area (Å²) in [5, 5.41) is 0. The fraction of sp³-hybridized carbons (Fsp3) is 1.00. The molecule has 0 spiro atoms. The Morgan fingerprint density at radius 3 is 2.56 bits per heavy atom. The monoisotopic (exact) mass is 256 g/mol.